The zero-order valence-corrected chi connectivity index (χ0v) is 16.0. The highest BCUT2D eigenvalue weighted by Gasteiger charge is 2.44. The number of fused-ring (bicyclic) bond motifs is 1. The van der Waals surface area contributed by atoms with E-state index in [-0.39, 0.29) is 25.5 Å². The van der Waals surface area contributed by atoms with Crippen molar-refractivity contribution in [3.8, 4) is 0 Å². The van der Waals surface area contributed by atoms with E-state index < -0.39 is 23.2 Å². The number of hydrogen-bond acceptors (Lipinski definition) is 6. The molecule has 1 saturated heterocycles. The van der Waals surface area contributed by atoms with Gasteiger partial charge >= 0.3 is 17.6 Å². The molecule has 0 radical (unpaired) electrons. The average Bonchev–Trinajstić information content (AvgIpc) is 2.84. The molecule has 1 aliphatic rings. The number of carbonyl (C=O) groups is 3. The predicted octanol–water partition coefficient (Wildman–Crippen LogP) is 2.12. The largest absolute Gasteiger partial charge is 0.461 e. The highest BCUT2D eigenvalue weighted by Crippen LogP contribution is 2.20. The minimum Gasteiger partial charge on any atom is -0.461 e. The van der Waals surface area contributed by atoms with E-state index in [1.807, 2.05) is 19.1 Å². The van der Waals surface area contributed by atoms with Crippen LogP contribution in [0.1, 0.15) is 38.3 Å². The van der Waals surface area contributed by atoms with Crippen LogP contribution in [0.25, 0.3) is 11.0 Å². The number of hydrogen-bond donors (Lipinski definition) is 1. The SMILES string of the molecule is CCc1ccc2c(COC(=O)CCN3C(=O)NC(C)(C)C3=O)cc(=O)oc2c1. The summed E-state index contributed by atoms with van der Waals surface area (Å²) in [5.74, 6) is -0.958. The molecule has 2 aromatic rings. The summed E-state index contributed by atoms with van der Waals surface area (Å²) in [5.41, 5.74) is 0.516. The summed E-state index contributed by atoms with van der Waals surface area (Å²) in [5, 5.41) is 3.25. The standard InChI is InChI=1S/C20H22N2O6/c1-4-12-5-6-14-13(10-17(24)28-15(14)9-12)11-27-16(23)7-8-22-18(25)20(2,3)21-19(22)26/h5-6,9-10H,4,7-8,11H2,1-3H3,(H,21,26). The molecule has 2 heterocycles. The molecule has 0 saturated carbocycles. The van der Waals surface area contributed by atoms with Gasteiger partial charge in [0.2, 0.25) is 0 Å². The summed E-state index contributed by atoms with van der Waals surface area (Å²) in [4.78, 5) is 48.8. The van der Waals surface area contributed by atoms with Gasteiger partial charge in [-0.3, -0.25) is 14.5 Å². The molecule has 8 nitrogen and oxygen atoms in total. The number of rotatable bonds is 6. The van der Waals surface area contributed by atoms with Gasteiger partial charge in [-0.2, -0.15) is 0 Å². The zero-order valence-electron chi connectivity index (χ0n) is 16.0. The van der Waals surface area contributed by atoms with Crippen LogP contribution in [0, 0.1) is 0 Å². The van der Waals surface area contributed by atoms with Crippen molar-refractivity contribution >= 4 is 28.9 Å². The van der Waals surface area contributed by atoms with Crippen LogP contribution >= 0.6 is 0 Å². The van der Waals surface area contributed by atoms with Crippen LogP contribution in [0.3, 0.4) is 0 Å². The van der Waals surface area contributed by atoms with Crippen molar-refractivity contribution in [3.05, 3.63) is 45.8 Å². The number of nitrogens with one attached hydrogen (secondary N) is 1. The lowest BCUT2D eigenvalue weighted by molar-refractivity contribution is -0.145. The smallest absolute Gasteiger partial charge is 0.336 e. The molecule has 0 aliphatic carbocycles. The monoisotopic (exact) mass is 386 g/mol. The Morgan fingerprint density at radius 2 is 1.96 bits per heavy atom. The van der Waals surface area contributed by atoms with E-state index in [4.69, 9.17) is 9.15 Å². The van der Waals surface area contributed by atoms with Crippen molar-refractivity contribution in [2.45, 2.75) is 45.8 Å². The lowest BCUT2D eigenvalue weighted by Crippen LogP contribution is -2.40. The van der Waals surface area contributed by atoms with Crippen molar-refractivity contribution in [1.82, 2.24) is 10.2 Å². The van der Waals surface area contributed by atoms with Gasteiger partial charge in [0.05, 0.1) is 6.42 Å². The van der Waals surface area contributed by atoms with E-state index in [1.165, 1.54) is 6.07 Å². The van der Waals surface area contributed by atoms with Crippen LogP contribution in [0.15, 0.2) is 33.5 Å². The van der Waals surface area contributed by atoms with Crippen LogP contribution < -0.4 is 10.9 Å². The van der Waals surface area contributed by atoms with E-state index in [2.05, 4.69) is 5.32 Å². The maximum absolute atomic E-state index is 12.1. The lowest BCUT2D eigenvalue weighted by Gasteiger charge is -2.15. The lowest BCUT2D eigenvalue weighted by atomic mass is 10.1. The van der Waals surface area contributed by atoms with Gasteiger partial charge in [0.15, 0.2) is 0 Å². The number of aryl methyl sites for hydroxylation is 1. The quantitative estimate of drug-likeness (QED) is 0.463. The Morgan fingerprint density at radius 3 is 2.61 bits per heavy atom. The average molecular weight is 386 g/mol. The number of esters is 1. The van der Waals surface area contributed by atoms with Gasteiger partial charge in [0.25, 0.3) is 5.91 Å². The first-order valence-electron chi connectivity index (χ1n) is 9.06. The molecule has 1 aromatic carbocycles. The molecule has 0 unspecified atom stereocenters. The van der Waals surface area contributed by atoms with Crippen LogP contribution in [0.5, 0.6) is 0 Å². The van der Waals surface area contributed by atoms with Crippen molar-refractivity contribution in [3.63, 3.8) is 0 Å². The highest BCUT2D eigenvalue weighted by atomic mass is 16.5. The molecule has 148 valence electrons. The van der Waals surface area contributed by atoms with Gasteiger partial charge in [-0.25, -0.2) is 9.59 Å². The Bertz CT molecular complexity index is 1010. The fourth-order valence-corrected chi connectivity index (χ4v) is 3.07. The molecule has 1 aliphatic heterocycles. The molecule has 0 atom stereocenters. The summed E-state index contributed by atoms with van der Waals surface area (Å²) < 4.78 is 10.5. The summed E-state index contributed by atoms with van der Waals surface area (Å²) in [6.45, 7) is 5.03. The van der Waals surface area contributed by atoms with Crippen molar-refractivity contribution in [1.29, 1.82) is 0 Å². The molecule has 1 fully saturated rings. The molecule has 28 heavy (non-hydrogen) atoms. The maximum atomic E-state index is 12.1. The first-order chi connectivity index (χ1) is 13.2. The van der Waals surface area contributed by atoms with Crippen LogP contribution in [0.2, 0.25) is 0 Å². The molecule has 0 bridgehead atoms. The predicted molar refractivity (Wildman–Crippen MR) is 101 cm³/mol. The second-order valence-electron chi connectivity index (χ2n) is 7.20. The third kappa shape index (κ3) is 3.90. The first kappa shape index (κ1) is 19.6. The maximum Gasteiger partial charge on any atom is 0.336 e. The van der Waals surface area contributed by atoms with Crippen molar-refractivity contribution in [2.75, 3.05) is 6.54 Å². The summed E-state index contributed by atoms with van der Waals surface area (Å²) >= 11 is 0. The molecule has 3 rings (SSSR count). The highest BCUT2D eigenvalue weighted by molar-refractivity contribution is 6.06. The first-order valence-corrected chi connectivity index (χ1v) is 9.06. The van der Waals surface area contributed by atoms with Gasteiger partial charge in [0.1, 0.15) is 17.7 Å². The number of nitrogens with zero attached hydrogens (tertiary/aromatic N) is 1. The Kier molecular flexibility index (Phi) is 5.22. The molecule has 8 heteroatoms. The summed E-state index contributed by atoms with van der Waals surface area (Å²) in [6.07, 6.45) is 0.674. The van der Waals surface area contributed by atoms with Gasteiger partial charge in [-0.15, -0.1) is 0 Å². The topological polar surface area (TPSA) is 106 Å². The van der Waals surface area contributed by atoms with Gasteiger partial charge in [-0.05, 0) is 31.9 Å². The number of amides is 3. The molecule has 3 amide bonds. The van der Waals surface area contributed by atoms with E-state index in [1.54, 1.807) is 19.9 Å². The van der Waals surface area contributed by atoms with E-state index in [9.17, 15) is 19.2 Å². The molecule has 1 aromatic heterocycles. The Morgan fingerprint density at radius 1 is 1.21 bits per heavy atom. The third-order valence-electron chi connectivity index (χ3n) is 4.68. The number of urea groups is 1. The van der Waals surface area contributed by atoms with Crippen LogP contribution in [-0.2, 0) is 27.4 Å². The van der Waals surface area contributed by atoms with Crippen molar-refractivity contribution in [2.24, 2.45) is 0 Å². The minimum atomic E-state index is -0.977. The summed E-state index contributed by atoms with van der Waals surface area (Å²) in [6, 6.07) is 6.31. The molecular formula is C20H22N2O6. The fraction of sp³-hybridized carbons (Fsp3) is 0.400. The Balaban J connectivity index is 1.64. The Labute approximate surface area is 161 Å². The van der Waals surface area contributed by atoms with Gasteiger partial charge < -0.3 is 14.5 Å². The second-order valence-corrected chi connectivity index (χ2v) is 7.20. The molecule has 0 spiro atoms. The molecular weight excluding hydrogens is 364 g/mol. The van der Waals surface area contributed by atoms with E-state index >= 15 is 0 Å². The van der Waals surface area contributed by atoms with Crippen LogP contribution in [0.4, 0.5) is 4.79 Å². The van der Waals surface area contributed by atoms with Crippen LogP contribution in [-0.4, -0.2) is 34.9 Å². The van der Waals surface area contributed by atoms with E-state index in [0.717, 1.165) is 16.9 Å². The van der Waals surface area contributed by atoms with Crippen molar-refractivity contribution < 1.29 is 23.5 Å². The zero-order chi connectivity index (χ0) is 20.5. The third-order valence-corrected chi connectivity index (χ3v) is 4.68. The number of benzene rings is 1. The fourth-order valence-electron chi connectivity index (χ4n) is 3.07. The Hall–Kier alpha value is -3.16. The van der Waals surface area contributed by atoms with Gasteiger partial charge in [0, 0.05) is 23.6 Å². The second kappa shape index (κ2) is 7.46. The normalized spacial score (nSPS) is 15.8. The van der Waals surface area contributed by atoms with Gasteiger partial charge in [-0.1, -0.05) is 19.1 Å². The number of imide groups is 1. The number of ether oxygens (including phenoxy) is 1. The number of carbonyl (C=O) groups excluding carboxylic acids is 3. The van der Waals surface area contributed by atoms with E-state index in [0.29, 0.717) is 16.5 Å². The molecule has 1 N–H and O–H groups in total. The summed E-state index contributed by atoms with van der Waals surface area (Å²) in [7, 11) is 0. The minimum absolute atomic E-state index is 0.0650.